The van der Waals surface area contributed by atoms with Gasteiger partial charge in [-0.15, -0.1) is 0 Å². The number of nitrogens with one attached hydrogen (secondary N) is 2. The average molecular weight is 356 g/mol. The van der Waals surface area contributed by atoms with Crippen molar-refractivity contribution in [3.8, 4) is 0 Å². The number of ether oxygens (including phenoxy) is 1. The Morgan fingerprint density at radius 1 is 1.38 bits per heavy atom. The number of nitrogens with zero attached hydrogens (tertiary/aromatic N) is 1. The summed E-state index contributed by atoms with van der Waals surface area (Å²) in [6.07, 6.45) is -0.669. The Kier molecular flexibility index (Phi) is 3.91. The number of carboxylic acids is 1. The maximum atomic E-state index is 11.7. The van der Waals surface area contributed by atoms with Gasteiger partial charge in [-0.05, 0) is 32.9 Å². The molecular weight excluding hydrogens is 342 g/mol. The Labute approximate surface area is 128 Å². The van der Waals surface area contributed by atoms with E-state index >= 15 is 0 Å². The number of carbonyl (C=O) groups is 2. The summed E-state index contributed by atoms with van der Waals surface area (Å²) >= 11 is 3.23. The highest BCUT2D eigenvalue weighted by atomic mass is 79.9. The molecule has 2 aromatic rings. The van der Waals surface area contributed by atoms with Crippen LogP contribution in [0.2, 0.25) is 0 Å². The minimum absolute atomic E-state index is 0.0351. The van der Waals surface area contributed by atoms with E-state index in [-0.39, 0.29) is 17.0 Å². The lowest BCUT2D eigenvalue weighted by Crippen LogP contribution is -2.27. The molecule has 0 aliphatic carbocycles. The fraction of sp³-hybridized carbons (Fsp3) is 0.308. The second-order valence-electron chi connectivity index (χ2n) is 5.37. The van der Waals surface area contributed by atoms with Crippen LogP contribution in [0.5, 0.6) is 0 Å². The van der Waals surface area contributed by atoms with E-state index in [0.29, 0.717) is 9.99 Å². The van der Waals surface area contributed by atoms with Crippen molar-refractivity contribution in [2.45, 2.75) is 26.4 Å². The number of aromatic amines is 1. The summed E-state index contributed by atoms with van der Waals surface area (Å²) in [5, 5.41) is 11.6. The number of carbonyl (C=O) groups excluding carboxylic acids is 1. The molecule has 3 N–H and O–H groups in total. The van der Waals surface area contributed by atoms with Gasteiger partial charge in [0.1, 0.15) is 11.1 Å². The van der Waals surface area contributed by atoms with Crippen molar-refractivity contribution >= 4 is 45.0 Å². The monoisotopic (exact) mass is 355 g/mol. The van der Waals surface area contributed by atoms with Gasteiger partial charge in [-0.25, -0.2) is 14.6 Å². The normalized spacial score (nSPS) is 11.4. The van der Waals surface area contributed by atoms with E-state index in [1.807, 2.05) is 0 Å². The van der Waals surface area contributed by atoms with E-state index in [4.69, 9.17) is 9.84 Å². The molecule has 1 amide bonds. The van der Waals surface area contributed by atoms with Gasteiger partial charge < -0.3 is 14.8 Å². The summed E-state index contributed by atoms with van der Waals surface area (Å²) in [5.41, 5.74) is 0.156. The van der Waals surface area contributed by atoms with Crippen LogP contribution in [-0.4, -0.2) is 32.7 Å². The summed E-state index contributed by atoms with van der Waals surface area (Å²) in [7, 11) is 0. The summed E-state index contributed by atoms with van der Waals surface area (Å²) < 4.78 is 5.70. The molecule has 0 spiro atoms. The Morgan fingerprint density at radius 3 is 2.62 bits per heavy atom. The molecule has 21 heavy (non-hydrogen) atoms. The molecule has 2 rings (SSSR count). The number of carboxylic acid groups (broad SMARTS) is 1. The number of hydrogen-bond acceptors (Lipinski definition) is 4. The maximum absolute atomic E-state index is 11.7. The number of hydrogen-bond donors (Lipinski definition) is 3. The fourth-order valence-corrected chi connectivity index (χ4v) is 2.16. The van der Waals surface area contributed by atoms with Gasteiger partial charge >= 0.3 is 12.1 Å². The van der Waals surface area contributed by atoms with Gasteiger partial charge in [-0.3, -0.25) is 5.32 Å². The predicted octanol–water partition coefficient (Wildman–Crippen LogP) is 3.37. The molecule has 8 heteroatoms. The van der Waals surface area contributed by atoms with E-state index in [2.05, 4.69) is 31.2 Å². The lowest BCUT2D eigenvalue weighted by Gasteiger charge is -2.18. The quantitative estimate of drug-likeness (QED) is 0.765. The first-order chi connectivity index (χ1) is 9.65. The molecule has 112 valence electrons. The smallest absolute Gasteiger partial charge is 0.414 e. The molecule has 7 nitrogen and oxygen atoms in total. The number of aromatic carboxylic acids is 1. The first kappa shape index (κ1) is 15.3. The molecule has 1 aromatic carbocycles. The summed E-state index contributed by atoms with van der Waals surface area (Å²) in [6.45, 7) is 5.22. The van der Waals surface area contributed by atoms with Crippen LogP contribution in [0.15, 0.2) is 16.6 Å². The molecule has 0 fully saturated rings. The van der Waals surface area contributed by atoms with Crippen LogP contribution >= 0.6 is 15.9 Å². The molecule has 0 saturated carbocycles. The van der Waals surface area contributed by atoms with Crippen molar-refractivity contribution in [3.63, 3.8) is 0 Å². The molecule has 0 bridgehead atoms. The van der Waals surface area contributed by atoms with Crippen molar-refractivity contribution in [1.29, 1.82) is 0 Å². The van der Waals surface area contributed by atoms with Crippen LogP contribution in [0.1, 0.15) is 31.1 Å². The number of benzene rings is 1. The van der Waals surface area contributed by atoms with E-state index in [9.17, 15) is 9.59 Å². The number of aromatic nitrogens is 2. The molecule has 0 aliphatic heterocycles. The van der Waals surface area contributed by atoms with E-state index in [0.717, 1.165) is 0 Å². The first-order valence-electron chi connectivity index (χ1n) is 6.08. The Hall–Kier alpha value is -2.09. The lowest BCUT2D eigenvalue weighted by atomic mass is 10.2. The molecule has 1 heterocycles. The zero-order valence-electron chi connectivity index (χ0n) is 11.7. The van der Waals surface area contributed by atoms with Crippen molar-refractivity contribution in [2.75, 3.05) is 5.32 Å². The van der Waals surface area contributed by atoms with Crippen molar-refractivity contribution in [1.82, 2.24) is 9.97 Å². The number of halogens is 1. The average Bonchev–Trinajstić information content (AvgIpc) is 2.66. The van der Waals surface area contributed by atoms with Gasteiger partial charge in [0.25, 0.3) is 0 Å². The fourth-order valence-electron chi connectivity index (χ4n) is 1.70. The SMILES string of the molecule is CC(C)(C)OC(=O)Nc1nc2c(C(=O)O)cc(Br)cc2[nH]1. The van der Waals surface area contributed by atoms with Crippen LogP contribution in [0.25, 0.3) is 11.0 Å². The molecule has 0 aliphatic rings. The molecule has 0 unspecified atom stereocenters. The zero-order chi connectivity index (χ0) is 15.8. The minimum Gasteiger partial charge on any atom is -0.478 e. The molecule has 0 radical (unpaired) electrons. The molecule has 0 atom stereocenters. The third kappa shape index (κ3) is 3.72. The van der Waals surface area contributed by atoms with Gasteiger partial charge in [0.15, 0.2) is 0 Å². The third-order valence-corrected chi connectivity index (χ3v) is 2.86. The number of imidazole rings is 1. The number of H-pyrrole nitrogens is 1. The van der Waals surface area contributed by atoms with E-state index < -0.39 is 17.7 Å². The highest BCUT2D eigenvalue weighted by Crippen LogP contribution is 2.24. The van der Waals surface area contributed by atoms with Crippen LogP contribution in [0, 0.1) is 0 Å². The summed E-state index contributed by atoms with van der Waals surface area (Å²) in [4.78, 5) is 29.8. The number of fused-ring (bicyclic) bond motifs is 1. The van der Waals surface area contributed by atoms with Crippen molar-refractivity contribution in [3.05, 3.63) is 22.2 Å². The van der Waals surface area contributed by atoms with Crippen LogP contribution < -0.4 is 5.32 Å². The summed E-state index contributed by atoms with van der Waals surface area (Å²) in [5.74, 6) is -0.975. The lowest BCUT2D eigenvalue weighted by molar-refractivity contribution is 0.0633. The van der Waals surface area contributed by atoms with Crippen LogP contribution in [0.4, 0.5) is 10.7 Å². The number of amides is 1. The van der Waals surface area contributed by atoms with Crippen LogP contribution in [-0.2, 0) is 4.74 Å². The van der Waals surface area contributed by atoms with E-state index in [1.165, 1.54) is 6.07 Å². The van der Waals surface area contributed by atoms with Gasteiger partial charge in [-0.1, -0.05) is 15.9 Å². The molecular formula is C13H14BrN3O4. The topological polar surface area (TPSA) is 104 Å². The van der Waals surface area contributed by atoms with Crippen molar-refractivity contribution in [2.24, 2.45) is 0 Å². The molecule has 1 aromatic heterocycles. The van der Waals surface area contributed by atoms with Crippen LogP contribution in [0.3, 0.4) is 0 Å². The Bertz CT molecular complexity index is 718. The summed E-state index contributed by atoms with van der Waals surface area (Å²) in [6, 6.07) is 3.12. The number of rotatable bonds is 2. The van der Waals surface area contributed by atoms with Gasteiger partial charge in [0.05, 0.1) is 11.1 Å². The maximum Gasteiger partial charge on any atom is 0.414 e. The standard InChI is InChI=1S/C13H14BrN3O4/c1-13(2,3)21-12(20)17-11-15-8-5-6(14)4-7(10(18)19)9(8)16-11/h4-5H,1-3H3,(H,18,19)(H2,15,16,17,20). The Balaban J connectivity index is 2.33. The Morgan fingerprint density at radius 2 is 2.05 bits per heavy atom. The van der Waals surface area contributed by atoms with Gasteiger partial charge in [0.2, 0.25) is 5.95 Å². The van der Waals surface area contributed by atoms with Gasteiger partial charge in [0, 0.05) is 4.47 Å². The second-order valence-corrected chi connectivity index (χ2v) is 6.28. The highest BCUT2D eigenvalue weighted by Gasteiger charge is 2.19. The van der Waals surface area contributed by atoms with Crippen molar-refractivity contribution < 1.29 is 19.4 Å². The predicted molar refractivity (Wildman–Crippen MR) is 80.6 cm³/mol. The third-order valence-electron chi connectivity index (χ3n) is 2.40. The second kappa shape index (κ2) is 5.36. The number of anilines is 1. The largest absolute Gasteiger partial charge is 0.478 e. The van der Waals surface area contributed by atoms with Gasteiger partial charge in [-0.2, -0.15) is 0 Å². The van der Waals surface area contributed by atoms with E-state index in [1.54, 1.807) is 26.8 Å². The highest BCUT2D eigenvalue weighted by molar-refractivity contribution is 9.10. The molecule has 0 saturated heterocycles. The minimum atomic E-state index is -1.10. The first-order valence-corrected chi connectivity index (χ1v) is 6.87. The zero-order valence-corrected chi connectivity index (χ0v) is 13.2.